The van der Waals surface area contributed by atoms with E-state index < -0.39 is 12.1 Å². The SMILES string of the molecule is N#C[C@H]1[C@H](c2ccccc2-c2cccc(F)c2)[C@@H](CO)N1C(=O)NC1CCCCC1. The summed E-state index contributed by atoms with van der Waals surface area (Å²) < 4.78 is 13.8. The first-order valence-electron chi connectivity index (χ1n) is 10.6. The van der Waals surface area contributed by atoms with Crippen molar-refractivity contribution in [2.75, 3.05) is 6.61 Å². The summed E-state index contributed by atoms with van der Waals surface area (Å²) in [7, 11) is 0. The van der Waals surface area contributed by atoms with E-state index in [0.29, 0.717) is 5.56 Å². The molecule has 3 atom stereocenters. The Kier molecular flexibility index (Phi) is 6.01. The number of likely N-dealkylation sites (tertiary alicyclic amines) is 1. The number of nitriles is 1. The molecule has 0 aromatic heterocycles. The van der Waals surface area contributed by atoms with Crippen LogP contribution in [0.4, 0.5) is 9.18 Å². The van der Waals surface area contributed by atoms with Crippen LogP contribution in [0.2, 0.25) is 0 Å². The van der Waals surface area contributed by atoms with Gasteiger partial charge in [0.25, 0.3) is 0 Å². The molecule has 5 nitrogen and oxygen atoms in total. The van der Waals surface area contributed by atoms with Gasteiger partial charge < -0.3 is 15.3 Å². The van der Waals surface area contributed by atoms with Crippen LogP contribution < -0.4 is 5.32 Å². The maximum absolute atomic E-state index is 13.8. The normalized spacial score (nSPS) is 24.0. The van der Waals surface area contributed by atoms with Gasteiger partial charge in [-0.2, -0.15) is 5.26 Å². The summed E-state index contributed by atoms with van der Waals surface area (Å²) in [6, 6.07) is 14.8. The number of carbonyl (C=O) groups is 1. The van der Waals surface area contributed by atoms with Crippen molar-refractivity contribution < 1.29 is 14.3 Å². The smallest absolute Gasteiger partial charge is 0.319 e. The van der Waals surface area contributed by atoms with Gasteiger partial charge in [-0.05, 0) is 41.7 Å². The predicted octanol–water partition coefficient (Wildman–Crippen LogP) is 4.19. The summed E-state index contributed by atoms with van der Waals surface area (Å²) in [5, 5.41) is 23.0. The molecule has 1 heterocycles. The van der Waals surface area contributed by atoms with E-state index >= 15 is 0 Å². The van der Waals surface area contributed by atoms with Crippen LogP contribution in [-0.4, -0.2) is 40.8 Å². The topological polar surface area (TPSA) is 76.4 Å². The molecule has 0 radical (unpaired) electrons. The maximum Gasteiger partial charge on any atom is 0.319 e. The van der Waals surface area contributed by atoms with Gasteiger partial charge in [-0.1, -0.05) is 55.7 Å². The lowest BCUT2D eigenvalue weighted by Crippen LogP contribution is -2.68. The third-order valence-electron chi connectivity index (χ3n) is 6.35. The third kappa shape index (κ3) is 3.78. The Morgan fingerprint density at radius 2 is 1.93 bits per heavy atom. The molecule has 1 aliphatic heterocycles. The van der Waals surface area contributed by atoms with Crippen LogP contribution in [-0.2, 0) is 0 Å². The molecule has 0 unspecified atom stereocenters. The van der Waals surface area contributed by atoms with Gasteiger partial charge in [0.05, 0.1) is 18.7 Å². The molecule has 2 aromatic rings. The van der Waals surface area contributed by atoms with Gasteiger partial charge in [0.15, 0.2) is 0 Å². The monoisotopic (exact) mass is 407 g/mol. The van der Waals surface area contributed by atoms with E-state index in [4.69, 9.17) is 0 Å². The molecule has 4 rings (SSSR count). The zero-order valence-electron chi connectivity index (χ0n) is 16.8. The molecule has 1 aliphatic carbocycles. The Labute approximate surface area is 176 Å². The van der Waals surface area contributed by atoms with Crippen LogP contribution in [0.5, 0.6) is 0 Å². The van der Waals surface area contributed by atoms with E-state index in [1.807, 2.05) is 30.3 Å². The summed E-state index contributed by atoms with van der Waals surface area (Å²) in [5.41, 5.74) is 2.37. The van der Waals surface area contributed by atoms with Gasteiger partial charge in [0, 0.05) is 12.0 Å². The molecule has 6 heteroatoms. The van der Waals surface area contributed by atoms with Crippen LogP contribution in [0.3, 0.4) is 0 Å². The van der Waals surface area contributed by atoms with Crippen LogP contribution in [0.15, 0.2) is 48.5 Å². The quantitative estimate of drug-likeness (QED) is 0.798. The van der Waals surface area contributed by atoms with Gasteiger partial charge >= 0.3 is 6.03 Å². The molecule has 156 valence electrons. The Bertz CT molecular complexity index is 951. The van der Waals surface area contributed by atoms with Crippen molar-refractivity contribution in [3.8, 4) is 17.2 Å². The van der Waals surface area contributed by atoms with Crippen LogP contribution >= 0.6 is 0 Å². The molecule has 2 N–H and O–H groups in total. The second-order valence-corrected chi connectivity index (χ2v) is 8.14. The fourth-order valence-electron chi connectivity index (χ4n) is 4.86. The van der Waals surface area contributed by atoms with E-state index in [0.717, 1.165) is 36.8 Å². The Morgan fingerprint density at radius 3 is 2.63 bits per heavy atom. The molecule has 2 fully saturated rings. The molecule has 2 amide bonds. The van der Waals surface area contributed by atoms with Crippen molar-refractivity contribution in [1.82, 2.24) is 10.2 Å². The van der Waals surface area contributed by atoms with E-state index in [9.17, 15) is 19.6 Å². The van der Waals surface area contributed by atoms with Gasteiger partial charge in [-0.25, -0.2) is 9.18 Å². The molecule has 2 aromatic carbocycles. The molecular weight excluding hydrogens is 381 g/mol. The molecular formula is C24H26FN3O2. The molecule has 1 saturated heterocycles. The lowest BCUT2D eigenvalue weighted by atomic mass is 9.73. The van der Waals surface area contributed by atoms with Crippen molar-refractivity contribution >= 4 is 6.03 Å². The lowest BCUT2D eigenvalue weighted by molar-refractivity contribution is 0.0155. The van der Waals surface area contributed by atoms with E-state index in [1.54, 1.807) is 6.07 Å². The van der Waals surface area contributed by atoms with Gasteiger partial charge in [0.1, 0.15) is 11.9 Å². The molecule has 1 saturated carbocycles. The number of hydrogen-bond donors (Lipinski definition) is 2. The summed E-state index contributed by atoms with van der Waals surface area (Å²) >= 11 is 0. The van der Waals surface area contributed by atoms with Crippen LogP contribution in [0, 0.1) is 17.1 Å². The Hall–Kier alpha value is -2.91. The van der Waals surface area contributed by atoms with Gasteiger partial charge in [-0.3, -0.25) is 0 Å². The summed E-state index contributed by atoms with van der Waals surface area (Å²) in [5.74, 6) is -0.670. The maximum atomic E-state index is 13.8. The number of carbonyl (C=O) groups excluding carboxylic acids is 1. The fourth-order valence-corrected chi connectivity index (χ4v) is 4.86. The van der Waals surface area contributed by atoms with Crippen molar-refractivity contribution in [2.24, 2.45) is 0 Å². The minimum Gasteiger partial charge on any atom is -0.394 e. The number of nitrogens with one attached hydrogen (secondary N) is 1. The number of hydrogen-bond acceptors (Lipinski definition) is 3. The molecule has 0 bridgehead atoms. The summed E-state index contributed by atoms with van der Waals surface area (Å²) in [6.45, 7) is -0.238. The van der Waals surface area contributed by atoms with E-state index in [2.05, 4.69) is 11.4 Å². The van der Waals surface area contributed by atoms with Crippen molar-refractivity contribution in [3.05, 3.63) is 59.9 Å². The first kappa shape index (κ1) is 20.4. The second kappa shape index (κ2) is 8.85. The third-order valence-corrected chi connectivity index (χ3v) is 6.35. The zero-order chi connectivity index (χ0) is 21.1. The van der Waals surface area contributed by atoms with Crippen molar-refractivity contribution in [3.63, 3.8) is 0 Å². The average Bonchev–Trinajstić information content (AvgIpc) is 2.75. The number of benzene rings is 2. The minimum absolute atomic E-state index is 0.128. The summed E-state index contributed by atoms with van der Waals surface area (Å²) in [6.07, 6.45) is 5.29. The number of rotatable bonds is 4. The predicted molar refractivity (Wildman–Crippen MR) is 112 cm³/mol. The molecule has 30 heavy (non-hydrogen) atoms. The first-order chi connectivity index (χ1) is 14.6. The van der Waals surface area contributed by atoms with Crippen molar-refractivity contribution in [2.45, 2.75) is 56.1 Å². The fraction of sp³-hybridized carbons (Fsp3) is 0.417. The summed E-state index contributed by atoms with van der Waals surface area (Å²) in [4.78, 5) is 14.4. The zero-order valence-corrected chi connectivity index (χ0v) is 16.8. The van der Waals surface area contributed by atoms with Crippen LogP contribution in [0.25, 0.3) is 11.1 Å². The number of aliphatic hydroxyl groups is 1. The highest BCUT2D eigenvalue weighted by Crippen LogP contribution is 2.44. The number of nitrogens with zero attached hydrogens (tertiary/aromatic N) is 2. The highest BCUT2D eigenvalue weighted by atomic mass is 19.1. The first-order valence-corrected chi connectivity index (χ1v) is 10.6. The van der Waals surface area contributed by atoms with E-state index in [-0.39, 0.29) is 30.4 Å². The largest absolute Gasteiger partial charge is 0.394 e. The van der Waals surface area contributed by atoms with Crippen LogP contribution in [0.1, 0.15) is 43.6 Å². The highest BCUT2D eigenvalue weighted by Gasteiger charge is 2.52. The number of halogens is 1. The average molecular weight is 407 g/mol. The van der Waals surface area contributed by atoms with Crippen molar-refractivity contribution in [1.29, 1.82) is 5.26 Å². The Morgan fingerprint density at radius 1 is 1.17 bits per heavy atom. The molecule has 0 spiro atoms. The number of aliphatic hydroxyl groups excluding tert-OH is 1. The minimum atomic E-state index is -0.680. The molecule has 2 aliphatic rings. The number of urea groups is 1. The van der Waals surface area contributed by atoms with Gasteiger partial charge in [0.2, 0.25) is 0 Å². The number of amides is 2. The second-order valence-electron chi connectivity index (χ2n) is 8.14. The lowest BCUT2D eigenvalue weighted by Gasteiger charge is -2.52. The van der Waals surface area contributed by atoms with E-state index in [1.165, 1.54) is 23.5 Å². The highest BCUT2D eigenvalue weighted by molar-refractivity contribution is 5.79. The standard InChI is InChI=1S/C24H26FN3O2/c25-17-8-6-7-16(13-17)19-11-4-5-12-20(19)23-21(14-26)28(22(23)15-29)24(30)27-18-9-2-1-3-10-18/h4-8,11-13,18,21-23,29H,1-3,9-10,15H2,(H,27,30)/t21-,22+,23-/m0/s1. The van der Waals surface area contributed by atoms with Gasteiger partial charge in [-0.15, -0.1) is 0 Å². The Balaban J connectivity index is 1.61.